The summed E-state index contributed by atoms with van der Waals surface area (Å²) in [5, 5.41) is -0.121. The van der Waals surface area contributed by atoms with E-state index in [0.29, 0.717) is 0 Å². The fourth-order valence-electron chi connectivity index (χ4n) is 3.20. The Morgan fingerprint density at radius 3 is 1.55 bits per heavy atom. The fraction of sp³-hybridized carbons (Fsp3) is 0.240. The van der Waals surface area contributed by atoms with E-state index in [-0.39, 0.29) is 15.2 Å². The van der Waals surface area contributed by atoms with Crippen molar-refractivity contribution in [1.29, 1.82) is 0 Å². The van der Waals surface area contributed by atoms with Crippen LogP contribution in [0.25, 0.3) is 0 Å². The lowest BCUT2D eigenvalue weighted by molar-refractivity contribution is -0.108. The Bertz CT molecular complexity index is 827. The number of carbonyl (C=O) groups excluding carboxylic acids is 1. The van der Waals surface area contributed by atoms with E-state index in [4.69, 9.17) is 0 Å². The molecule has 0 aliphatic rings. The molecule has 0 N–H and O–H groups in total. The molecule has 0 aliphatic heterocycles. The number of rotatable bonds is 10. The number of hydrogen-bond acceptors (Lipinski definition) is 4. The van der Waals surface area contributed by atoms with Crippen LogP contribution in [0, 0.1) is 5.92 Å². The van der Waals surface area contributed by atoms with Crippen LogP contribution in [0.5, 0.6) is 0 Å². The quantitative estimate of drug-likeness (QED) is 0.183. The third-order valence-corrected chi connectivity index (χ3v) is 9.76. The van der Waals surface area contributed by atoms with Crippen molar-refractivity contribution >= 4 is 41.6 Å². The standard InChI is InChI=1S/C25H26OS3/c1-3-25(28-22-15-9-5-10-16-22,29-23-17-11-6-12-18-23)20(2)24(19-26)27-21-13-7-4-8-14-21/h4-20,24H,3H2,1-2H3/t20-,24+/m0/s1. The number of thioether (sulfide) groups is 3. The van der Waals surface area contributed by atoms with Crippen molar-refractivity contribution in [2.24, 2.45) is 5.92 Å². The molecule has 0 heterocycles. The molecule has 0 unspecified atom stereocenters. The van der Waals surface area contributed by atoms with Crippen LogP contribution in [0.1, 0.15) is 20.3 Å². The molecule has 150 valence electrons. The van der Waals surface area contributed by atoms with E-state index in [1.165, 1.54) is 9.79 Å². The van der Waals surface area contributed by atoms with Crippen molar-refractivity contribution < 1.29 is 4.79 Å². The van der Waals surface area contributed by atoms with Gasteiger partial charge in [-0.15, -0.1) is 35.3 Å². The summed E-state index contributed by atoms with van der Waals surface area (Å²) in [6, 6.07) is 31.3. The highest BCUT2D eigenvalue weighted by Gasteiger charge is 2.41. The molecule has 0 aliphatic carbocycles. The van der Waals surface area contributed by atoms with Crippen molar-refractivity contribution in [2.75, 3.05) is 0 Å². The molecule has 3 rings (SSSR count). The SMILES string of the molecule is CCC(Sc1ccccc1)(Sc1ccccc1)[C@@H](C)[C@@H](C=O)Sc1ccccc1. The van der Waals surface area contributed by atoms with Gasteiger partial charge in [0, 0.05) is 14.7 Å². The average molecular weight is 439 g/mol. The molecule has 0 radical (unpaired) electrons. The van der Waals surface area contributed by atoms with E-state index >= 15 is 0 Å². The smallest absolute Gasteiger partial charge is 0.133 e. The van der Waals surface area contributed by atoms with Gasteiger partial charge in [-0.05, 0) is 48.7 Å². The largest absolute Gasteiger partial charge is 0.302 e. The first-order chi connectivity index (χ1) is 14.2. The molecule has 2 atom stereocenters. The lowest BCUT2D eigenvalue weighted by Gasteiger charge is -2.39. The first-order valence-electron chi connectivity index (χ1n) is 9.82. The number of hydrogen-bond donors (Lipinski definition) is 0. The van der Waals surface area contributed by atoms with Gasteiger partial charge in [-0.3, -0.25) is 0 Å². The highest BCUT2D eigenvalue weighted by molar-refractivity contribution is 8.18. The normalized spacial score (nSPS) is 13.6. The molecule has 0 spiro atoms. The summed E-state index contributed by atoms with van der Waals surface area (Å²) in [7, 11) is 0. The average Bonchev–Trinajstić information content (AvgIpc) is 2.78. The Kier molecular flexibility index (Phi) is 8.34. The van der Waals surface area contributed by atoms with E-state index in [1.54, 1.807) is 11.8 Å². The zero-order chi connectivity index (χ0) is 20.5. The van der Waals surface area contributed by atoms with Crippen molar-refractivity contribution in [1.82, 2.24) is 0 Å². The Morgan fingerprint density at radius 2 is 1.17 bits per heavy atom. The van der Waals surface area contributed by atoms with E-state index < -0.39 is 0 Å². The molecule has 29 heavy (non-hydrogen) atoms. The molecule has 0 amide bonds. The van der Waals surface area contributed by atoms with Gasteiger partial charge in [0.05, 0.1) is 9.33 Å². The first kappa shape index (κ1) is 22.1. The van der Waals surface area contributed by atoms with Crippen LogP contribution in [0.2, 0.25) is 0 Å². The third kappa shape index (κ3) is 5.94. The molecule has 0 saturated carbocycles. The molecule has 1 nitrogen and oxygen atoms in total. The van der Waals surface area contributed by atoms with Gasteiger partial charge in [0.1, 0.15) is 6.29 Å². The third-order valence-electron chi connectivity index (χ3n) is 4.90. The van der Waals surface area contributed by atoms with Crippen LogP contribution in [0.3, 0.4) is 0 Å². The number of aldehydes is 1. The lowest BCUT2D eigenvalue weighted by Crippen LogP contribution is -2.36. The number of benzene rings is 3. The monoisotopic (exact) mass is 438 g/mol. The zero-order valence-electron chi connectivity index (χ0n) is 16.7. The second-order valence-corrected chi connectivity index (χ2v) is 11.1. The van der Waals surface area contributed by atoms with Gasteiger partial charge >= 0.3 is 0 Å². The molecule has 3 aromatic carbocycles. The van der Waals surface area contributed by atoms with E-state index in [0.717, 1.165) is 17.6 Å². The molecule has 0 aromatic heterocycles. The minimum Gasteiger partial charge on any atom is -0.302 e. The van der Waals surface area contributed by atoms with E-state index in [9.17, 15) is 4.79 Å². The van der Waals surface area contributed by atoms with E-state index in [2.05, 4.69) is 74.5 Å². The first-order valence-corrected chi connectivity index (χ1v) is 12.3. The Labute approximate surface area is 187 Å². The van der Waals surface area contributed by atoms with Crippen LogP contribution in [0.15, 0.2) is 106 Å². The van der Waals surface area contributed by atoms with Gasteiger partial charge in [0.25, 0.3) is 0 Å². The summed E-state index contributed by atoms with van der Waals surface area (Å²) >= 11 is 5.43. The highest BCUT2D eigenvalue weighted by Crippen LogP contribution is 2.54. The fourth-order valence-corrected chi connectivity index (χ4v) is 7.58. The maximum absolute atomic E-state index is 12.2. The minimum absolute atomic E-state index is 0.121. The second kappa shape index (κ2) is 11.0. The van der Waals surface area contributed by atoms with Crippen molar-refractivity contribution in [3.8, 4) is 0 Å². The summed E-state index contributed by atoms with van der Waals surface area (Å²) in [5.74, 6) is 0.158. The summed E-state index contributed by atoms with van der Waals surface area (Å²) in [4.78, 5) is 15.8. The highest BCUT2D eigenvalue weighted by atomic mass is 32.2. The Morgan fingerprint density at radius 1 is 0.759 bits per heavy atom. The predicted molar refractivity (Wildman–Crippen MR) is 129 cm³/mol. The maximum atomic E-state index is 12.2. The summed E-state index contributed by atoms with van der Waals surface area (Å²) < 4.78 is -0.157. The van der Waals surface area contributed by atoms with Gasteiger partial charge in [-0.1, -0.05) is 68.4 Å². The molecular weight excluding hydrogens is 412 g/mol. The van der Waals surface area contributed by atoms with E-state index in [1.807, 2.05) is 53.9 Å². The molecule has 0 bridgehead atoms. The summed E-state index contributed by atoms with van der Waals surface area (Å²) in [6.45, 7) is 4.46. The van der Waals surface area contributed by atoms with Crippen LogP contribution in [-0.2, 0) is 4.79 Å². The Hall–Kier alpha value is -1.62. The van der Waals surface area contributed by atoms with Crippen LogP contribution >= 0.6 is 35.3 Å². The van der Waals surface area contributed by atoms with Gasteiger partial charge < -0.3 is 4.79 Å². The topological polar surface area (TPSA) is 17.1 Å². The lowest BCUT2D eigenvalue weighted by atomic mass is 10.0. The van der Waals surface area contributed by atoms with Crippen LogP contribution < -0.4 is 0 Å². The van der Waals surface area contributed by atoms with Crippen molar-refractivity contribution in [3.05, 3.63) is 91.0 Å². The maximum Gasteiger partial charge on any atom is 0.133 e. The van der Waals surface area contributed by atoms with Crippen molar-refractivity contribution in [2.45, 2.75) is 44.3 Å². The molecule has 0 saturated heterocycles. The zero-order valence-corrected chi connectivity index (χ0v) is 19.2. The molecular formula is C25H26OS3. The van der Waals surface area contributed by atoms with Crippen LogP contribution in [0.4, 0.5) is 0 Å². The van der Waals surface area contributed by atoms with Crippen LogP contribution in [-0.4, -0.2) is 15.6 Å². The molecule has 3 aromatic rings. The molecule has 0 fully saturated rings. The number of carbonyl (C=O) groups is 1. The van der Waals surface area contributed by atoms with Gasteiger partial charge in [0.15, 0.2) is 0 Å². The predicted octanol–water partition coefficient (Wildman–Crippen LogP) is 7.67. The Balaban J connectivity index is 1.93. The van der Waals surface area contributed by atoms with Gasteiger partial charge in [0.2, 0.25) is 0 Å². The molecule has 4 heteroatoms. The van der Waals surface area contributed by atoms with Gasteiger partial charge in [-0.2, -0.15) is 0 Å². The minimum atomic E-state index is -0.157. The second-order valence-electron chi connectivity index (χ2n) is 6.82. The van der Waals surface area contributed by atoms with Crippen molar-refractivity contribution in [3.63, 3.8) is 0 Å². The summed E-state index contributed by atoms with van der Waals surface area (Å²) in [6.07, 6.45) is 2.08. The summed E-state index contributed by atoms with van der Waals surface area (Å²) in [5.41, 5.74) is 0. The van der Waals surface area contributed by atoms with Gasteiger partial charge in [-0.25, -0.2) is 0 Å².